The molecule has 4 aliphatic heterocycles. The van der Waals surface area contributed by atoms with Gasteiger partial charge in [-0.05, 0) is 74.9 Å². The Labute approximate surface area is 390 Å². The Morgan fingerprint density at radius 2 is 1.54 bits per heavy atom. The Kier molecular flexibility index (Phi) is 16.5. The van der Waals surface area contributed by atoms with Crippen molar-refractivity contribution in [1.82, 2.24) is 30.0 Å². The molecule has 0 spiro atoms. The molecular formula is C47H61ClN10O6S. The van der Waals surface area contributed by atoms with Crippen LogP contribution in [0.1, 0.15) is 106 Å². The number of rotatable bonds is 19. The number of nitrogens with two attached hydrogens (primary N) is 1. The zero-order valence-electron chi connectivity index (χ0n) is 37.2. The molecule has 1 atom stereocenters. The maximum absolute atomic E-state index is 13.1. The second-order valence-corrected chi connectivity index (χ2v) is 19.3. The standard InChI is InChI=1S/C47H61ClN10O6S/c1-47(31-49)19-22-56(23-20-47)38-28-51-42(29-50-38)65-37-13-9-12-35(44(37)48)53-40(60)17-18-43(62)57-26-24-55(25-27-57)21-7-5-3-2-4-6-14-39(59)52-34-11-8-10-32-33(34)30-58(46(32)64)36-15-16-41(61)54-45(36)63/h8-13,28-29,36H,2-7,14-27,30-31,49H2,1H3,(H,52,59)(H,53,60)(H,54,61,63). The quantitative estimate of drug-likeness (QED) is 0.0828. The molecule has 5 heterocycles. The molecule has 7 rings (SSSR count). The van der Waals surface area contributed by atoms with E-state index in [9.17, 15) is 28.8 Å². The minimum Gasteiger partial charge on any atom is -0.355 e. The number of carbonyl (C=O) groups excluding carboxylic acids is 6. The fourth-order valence-corrected chi connectivity index (χ4v) is 9.93. The molecule has 3 fully saturated rings. The Morgan fingerprint density at radius 3 is 2.26 bits per heavy atom. The number of piperazine rings is 1. The van der Waals surface area contributed by atoms with Gasteiger partial charge in [-0.15, -0.1) is 0 Å². The van der Waals surface area contributed by atoms with E-state index in [1.807, 2.05) is 17.0 Å². The van der Waals surface area contributed by atoms with Crippen LogP contribution in [0.4, 0.5) is 17.2 Å². The number of nitrogens with zero attached hydrogens (tertiary/aromatic N) is 6. The van der Waals surface area contributed by atoms with Gasteiger partial charge in [-0.2, -0.15) is 0 Å². The van der Waals surface area contributed by atoms with Crippen molar-refractivity contribution < 1.29 is 28.8 Å². The van der Waals surface area contributed by atoms with Crippen molar-refractivity contribution in [2.24, 2.45) is 11.1 Å². The zero-order chi connectivity index (χ0) is 45.9. The topological polar surface area (TPSA) is 203 Å². The summed E-state index contributed by atoms with van der Waals surface area (Å²) in [6, 6.07) is 9.96. The predicted octanol–water partition coefficient (Wildman–Crippen LogP) is 5.84. The average Bonchev–Trinajstić information content (AvgIpc) is 3.64. The Balaban J connectivity index is 0.726. The zero-order valence-corrected chi connectivity index (χ0v) is 38.8. The lowest BCUT2D eigenvalue weighted by atomic mass is 9.80. The van der Waals surface area contributed by atoms with Crippen LogP contribution in [0.25, 0.3) is 0 Å². The molecule has 4 aliphatic rings. The van der Waals surface area contributed by atoms with E-state index in [2.05, 4.69) is 42.6 Å². The van der Waals surface area contributed by atoms with E-state index in [0.717, 1.165) is 94.8 Å². The van der Waals surface area contributed by atoms with Crippen molar-refractivity contribution in [3.05, 3.63) is 64.9 Å². The highest BCUT2D eigenvalue weighted by Crippen LogP contribution is 2.38. The normalized spacial score (nSPS) is 18.7. The predicted molar refractivity (Wildman–Crippen MR) is 251 cm³/mol. The van der Waals surface area contributed by atoms with Crippen molar-refractivity contribution in [3.8, 4) is 0 Å². The molecule has 0 saturated carbocycles. The van der Waals surface area contributed by atoms with E-state index in [1.165, 1.54) is 16.7 Å². The number of anilines is 3. The number of nitrogens with one attached hydrogen (secondary N) is 3. The Bertz CT molecular complexity index is 2210. The van der Waals surface area contributed by atoms with Crippen LogP contribution in [0.3, 0.4) is 0 Å². The van der Waals surface area contributed by atoms with Crippen LogP contribution < -0.4 is 26.6 Å². The fraction of sp³-hybridized carbons (Fsp3) is 0.532. The molecule has 0 bridgehead atoms. The molecule has 1 aromatic heterocycles. The largest absolute Gasteiger partial charge is 0.355 e. The Morgan fingerprint density at radius 1 is 0.846 bits per heavy atom. The molecule has 0 aliphatic carbocycles. The summed E-state index contributed by atoms with van der Waals surface area (Å²) < 4.78 is 0. The molecule has 18 heteroatoms. The molecule has 65 heavy (non-hydrogen) atoms. The first-order valence-electron chi connectivity index (χ1n) is 23.0. The van der Waals surface area contributed by atoms with E-state index in [-0.39, 0.29) is 67.2 Å². The smallest absolute Gasteiger partial charge is 0.255 e. The molecule has 6 amide bonds. The van der Waals surface area contributed by atoms with Gasteiger partial charge >= 0.3 is 0 Å². The lowest BCUT2D eigenvalue weighted by Gasteiger charge is -2.39. The molecule has 5 N–H and O–H groups in total. The minimum absolute atomic E-state index is 0.0249. The van der Waals surface area contributed by atoms with Gasteiger partial charge in [0.2, 0.25) is 29.5 Å². The van der Waals surface area contributed by atoms with Crippen molar-refractivity contribution >= 4 is 76.0 Å². The molecule has 3 aromatic rings. The van der Waals surface area contributed by atoms with Crippen LogP contribution in [-0.2, 0) is 30.5 Å². The van der Waals surface area contributed by atoms with Gasteiger partial charge in [-0.1, -0.05) is 68.1 Å². The number of carbonyl (C=O) groups is 6. The number of unbranched alkanes of at least 4 members (excludes halogenated alkanes) is 5. The van der Waals surface area contributed by atoms with Gasteiger partial charge in [0.05, 0.1) is 23.1 Å². The first kappa shape index (κ1) is 47.9. The second-order valence-electron chi connectivity index (χ2n) is 17.9. The van der Waals surface area contributed by atoms with Crippen molar-refractivity contribution in [1.29, 1.82) is 0 Å². The summed E-state index contributed by atoms with van der Waals surface area (Å²) in [7, 11) is 0. The first-order valence-corrected chi connectivity index (χ1v) is 24.2. The number of halogens is 1. The minimum atomic E-state index is -0.703. The number of benzene rings is 2. The summed E-state index contributed by atoms with van der Waals surface area (Å²) in [6.07, 6.45) is 12.6. The summed E-state index contributed by atoms with van der Waals surface area (Å²) in [4.78, 5) is 93.8. The number of amides is 6. The summed E-state index contributed by atoms with van der Waals surface area (Å²) in [5, 5.41) is 9.28. The van der Waals surface area contributed by atoms with E-state index < -0.39 is 11.9 Å². The SMILES string of the molecule is CC1(CN)CCN(c2cnc(Sc3cccc(NC(=O)CCC(=O)N4CCN(CCCCCCCCC(=O)Nc5cccc6c5CN(C5CCC(=O)NC5=O)C6=O)CC4)c3Cl)cn2)CC1. The third kappa shape index (κ3) is 12.6. The molecule has 3 saturated heterocycles. The fourth-order valence-electron chi connectivity index (χ4n) is 8.86. The van der Waals surface area contributed by atoms with Gasteiger partial charge in [-0.25, -0.2) is 9.97 Å². The number of aromatic nitrogens is 2. The maximum atomic E-state index is 13.1. The summed E-state index contributed by atoms with van der Waals surface area (Å²) in [5.41, 5.74) is 8.39. The second kappa shape index (κ2) is 22.4. The third-order valence-corrected chi connectivity index (χ3v) is 14.6. The van der Waals surface area contributed by atoms with E-state index in [0.29, 0.717) is 58.6 Å². The van der Waals surface area contributed by atoms with Crippen molar-refractivity contribution in [3.63, 3.8) is 0 Å². The van der Waals surface area contributed by atoms with Gasteiger partial charge < -0.3 is 31.1 Å². The number of hydrogen-bond acceptors (Lipinski definition) is 12. The van der Waals surface area contributed by atoms with Gasteiger partial charge in [0, 0.05) is 93.2 Å². The van der Waals surface area contributed by atoms with Crippen LogP contribution >= 0.6 is 23.4 Å². The summed E-state index contributed by atoms with van der Waals surface area (Å²) >= 11 is 8.10. The molecule has 1 unspecified atom stereocenters. The van der Waals surface area contributed by atoms with Gasteiger partial charge in [0.25, 0.3) is 5.91 Å². The van der Waals surface area contributed by atoms with E-state index in [1.54, 1.807) is 36.7 Å². The monoisotopic (exact) mass is 928 g/mol. The van der Waals surface area contributed by atoms with Crippen LogP contribution in [0.2, 0.25) is 5.02 Å². The first-order chi connectivity index (χ1) is 31.4. The summed E-state index contributed by atoms with van der Waals surface area (Å²) in [6.45, 7) is 8.80. The summed E-state index contributed by atoms with van der Waals surface area (Å²) in [5.74, 6) is -0.614. The number of piperidine rings is 2. The van der Waals surface area contributed by atoms with Crippen LogP contribution in [0, 0.1) is 5.41 Å². The van der Waals surface area contributed by atoms with E-state index >= 15 is 0 Å². The Hall–Kier alpha value is -5.10. The molecule has 16 nitrogen and oxygen atoms in total. The highest BCUT2D eigenvalue weighted by molar-refractivity contribution is 7.99. The highest BCUT2D eigenvalue weighted by atomic mass is 35.5. The number of fused-ring (bicyclic) bond motifs is 1. The van der Waals surface area contributed by atoms with Gasteiger partial charge in [0.1, 0.15) is 16.9 Å². The lowest BCUT2D eigenvalue weighted by Crippen LogP contribution is -2.52. The van der Waals surface area contributed by atoms with Crippen LogP contribution in [0.5, 0.6) is 0 Å². The molecular weight excluding hydrogens is 868 g/mol. The third-order valence-electron chi connectivity index (χ3n) is 13.1. The molecule has 2 aromatic carbocycles. The van der Waals surface area contributed by atoms with Crippen LogP contribution in [-0.4, -0.2) is 119 Å². The van der Waals surface area contributed by atoms with Gasteiger partial charge in [0.15, 0.2) is 0 Å². The van der Waals surface area contributed by atoms with Crippen LogP contribution in [0.15, 0.2) is 58.7 Å². The van der Waals surface area contributed by atoms with Gasteiger partial charge in [-0.3, -0.25) is 39.0 Å². The number of hydrogen-bond donors (Lipinski definition) is 4. The highest BCUT2D eigenvalue weighted by Gasteiger charge is 2.40. The molecule has 0 radical (unpaired) electrons. The number of imide groups is 1. The van der Waals surface area contributed by atoms with Crippen molar-refractivity contribution in [2.45, 2.75) is 113 Å². The van der Waals surface area contributed by atoms with Crippen molar-refractivity contribution in [2.75, 3.05) is 67.9 Å². The average molecular weight is 930 g/mol. The molecule has 348 valence electrons. The maximum Gasteiger partial charge on any atom is 0.255 e. The lowest BCUT2D eigenvalue weighted by molar-refractivity contribution is -0.137. The van der Waals surface area contributed by atoms with E-state index in [4.69, 9.17) is 17.3 Å².